The summed E-state index contributed by atoms with van der Waals surface area (Å²) < 4.78 is 47.0. The summed E-state index contributed by atoms with van der Waals surface area (Å²) in [6.45, 7) is 0.0447. The smallest absolute Gasteiger partial charge is 0.310 e. The average Bonchev–Trinajstić information content (AvgIpc) is 2.60. The van der Waals surface area contributed by atoms with E-state index in [4.69, 9.17) is 0 Å². The van der Waals surface area contributed by atoms with Crippen LogP contribution in [0.4, 0.5) is 13.2 Å². The molecule has 1 aromatic carbocycles. The molecule has 0 radical (unpaired) electrons. The Bertz CT molecular complexity index is 662. The molecule has 0 aromatic heterocycles. The van der Waals surface area contributed by atoms with Gasteiger partial charge in [0.25, 0.3) is 11.8 Å². The lowest BCUT2D eigenvalue weighted by Gasteiger charge is -2.38. The second-order valence-corrected chi connectivity index (χ2v) is 6.01. The van der Waals surface area contributed by atoms with Gasteiger partial charge in [-0.25, -0.2) is 13.2 Å². The fourth-order valence-corrected chi connectivity index (χ4v) is 3.41. The molecule has 2 aliphatic rings. The van der Waals surface area contributed by atoms with Crippen molar-refractivity contribution in [2.24, 2.45) is 5.92 Å². The number of alkyl halides is 2. The number of piperidine rings is 1. The van der Waals surface area contributed by atoms with Crippen molar-refractivity contribution >= 4 is 11.9 Å². The number of amides is 1. The van der Waals surface area contributed by atoms with E-state index in [0.29, 0.717) is 6.42 Å². The van der Waals surface area contributed by atoms with Gasteiger partial charge >= 0.3 is 5.97 Å². The quantitative estimate of drug-likeness (QED) is 0.745. The van der Waals surface area contributed by atoms with Gasteiger partial charge < -0.3 is 9.64 Å². The number of carbonyl (C=O) groups is 2. The topological polar surface area (TPSA) is 46.6 Å². The third-order valence-electron chi connectivity index (χ3n) is 4.60. The molecular weight excluding hydrogens is 311 g/mol. The molecule has 0 bridgehead atoms. The van der Waals surface area contributed by atoms with E-state index in [0.717, 1.165) is 18.2 Å². The monoisotopic (exact) mass is 327 g/mol. The van der Waals surface area contributed by atoms with Crippen LogP contribution in [0.2, 0.25) is 0 Å². The van der Waals surface area contributed by atoms with Crippen molar-refractivity contribution in [3.8, 4) is 0 Å². The van der Waals surface area contributed by atoms with E-state index in [9.17, 15) is 22.8 Å². The van der Waals surface area contributed by atoms with Crippen LogP contribution in [0.25, 0.3) is 0 Å². The van der Waals surface area contributed by atoms with Crippen LogP contribution in [-0.4, -0.2) is 36.5 Å². The standard InChI is InChI=1S/C16H16F3NO3/c1-23-15(22)9-2-4-11-7-16(18,19)13-6-10(17)3-5-12(13)14(21)20(11)8-9/h3,5-6,9,11H,2,4,7-8H2,1H3. The molecule has 1 saturated heterocycles. The number of fused-ring (bicyclic) bond motifs is 2. The van der Waals surface area contributed by atoms with Crippen molar-refractivity contribution < 1.29 is 27.5 Å². The lowest BCUT2D eigenvalue weighted by atomic mass is 9.90. The summed E-state index contributed by atoms with van der Waals surface area (Å²) in [4.78, 5) is 25.6. The average molecular weight is 327 g/mol. The van der Waals surface area contributed by atoms with Crippen LogP contribution in [0.15, 0.2) is 18.2 Å². The maximum atomic E-state index is 14.5. The summed E-state index contributed by atoms with van der Waals surface area (Å²) in [6.07, 6.45) is 0.114. The van der Waals surface area contributed by atoms with Crippen molar-refractivity contribution in [1.82, 2.24) is 4.90 Å². The van der Waals surface area contributed by atoms with Crippen LogP contribution in [0.3, 0.4) is 0 Å². The Morgan fingerprint density at radius 3 is 2.78 bits per heavy atom. The van der Waals surface area contributed by atoms with Gasteiger partial charge in [0.2, 0.25) is 0 Å². The lowest BCUT2D eigenvalue weighted by molar-refractivity contribution is -0.147. The van der Waals surface area contributed by atoms with E-state index in [-0.39, 0.29) is 18.5 Å². The summed E-state index contributed by atoms with van der Waals surface area (Å²) in [5, 5.41) is 0. The zero-order valence-corrected chi connectivity index (χ0v) is 12.5. The maximum absolute atomic E-state index is 14.5. The number of hydrogen-bond acceptors (Lipinski definition) is 3. The van der Waals surface area contributed by atoms with Gasteiger partial charge in [0.1, 0.15) is 5.82 Å². The molecule has 1 amide bonds. The molecule has 2 aliphatic heterocycles. The third-order valence-corrected chi connectivity index (χ3v) is 4.60. The third kappa shape index (κ3) is 2.68. The Balaban J connectivity index is 2.00. The van der Waals surface area contributed by atoms with Crippen molar-refractivity contribution in [3.05, 3.63) is 35.1 Å². The Hall–Kier alpha value is -2.05. The predicted molar refractivity (Wildman–Crippen MR) is 74.5 cm³/mol. The summed E-state index contributed by atoms with van der Waals surface area (Å²) in [7, 11) is 1.25. The number of carbonyl (C=O) groups excluding carboxylic acids is 2. The Morgan fingerprint density at radius 1 is 1.35 bits per heavy atom. The minimum absolute atomic E-state index is 0.0447. The molecule has 2 atom stereocenters. The number of benzene rings is 1. The molecule has 0 N–H and O–H groups in total. The highest BCUT2D eigenvalue weighted by atomic mass is 19.3. The molecule has 23 heavy (non-hydrogen) atoms. The van der Waals surface area contributed by atoms with Crippen molar-refractivity contribution in [3.63, 3.8) is 0 Å². The van der Waals surface area contributed by atoms with Crippen molar-refractivity contribution in [2.45, 2.75) is 31.2 Å². The molecule has 3 rings (SSSR count). The summed E-state index contributed by atoms with van der Waals surface area (Å²) in [5.74, 6) is -5.65. The van der Waals surface area contributed by atoms with Crippen LogP contribution >= 0.6 is 0 Å². The summed E-state index contributed by atoms with van der Waals surface area (Å²) >= 11 is 0. The maximum Gasteiger partial charge on any atom is 0.310 e. The predicted octanol–water partition coefficient (Wildman–Crippen LogP) is 2.72. The molecule has 2 unspecified atom stereocenters. The molecule has 2 heterocycles. The first kappa shape index (κ1) is 15.8. The number of ether oxygens (including phenoxy) is 1. The first-order valence-corrected chi connectivity index (χ1v) is 7.40. The van der Waals surface area contributed by atoms with Gasteiger partial charge in [0.05, 0.1) is 13.0 Å². The van der Waals surface area contributed by atoms with E-state index in [1.807, 2.05) is 0 Å². The summed E-state index contributed by atoms with van der Waals surface area (Å²) in [6, 6.07) is 2.14. The van der Waals surface area contributed by atoms with Gasteiger partial charge in [0, 0.05) is 30.1 Å². The number of rotatable bonds is 1. The number of hydrogen-bond donors (Lipinski definition) is 0. The first-order chi connectivity index (χ1) is 10.8. The van der Waals surface area contributed by atoms with Crippen LogP contribution in [0.5, 0.6) is 0 Å². The molecular formula is C16H16F3NO3. The van der Waals surface area contributed by atoms with Crippen LogP contribution < -0.4 is 0 Å². The fourth-order valence-electron chi connectivity index (χ4n) is 3.41. The number of esters is 1. The van der Waals surface area contributed by atoms with E-state index in [1.54, 1.807) is 0 Å². The highest BCUT2D eigenvalue weighted by Crippen LogP contribution is 2.42. The minimum atomic E-state index is -3.29. The van der Waals surface area contributed by atoms with Gasteiger partial charge in [-0.15, -0.1) is 0 Å². The summed E-state index contributed by atoms with van der Waals surface area (Å²) in [5.41, 5.74) is -0.782. The number of methoxy groups -OCH3 is 1. The number of halogens is 3. The highest BCUT2D eigenvalue weighted by molar-refractivity contribution is 5.97. The molecule has 4 nitrogen and oxygen atoms in total. The van der Waals surface area contributed by atoms with Gasteiger partial charge in [-0.1, -0.05) is 0 Å². The van der Waals surface area contributed by atoms with Crippen molar-refractivity contribution in [1.29, 1.82) is 0 Å². The molecule has 1 fully saturated rings. The SMILES string of the molecule is COC(=O)C1CCC2CC(F)(F)c3cc(F)ccc3C(=O)N2C1. The Kier molecular flexibility index (Phi) is 3.82. The highest BCUT2D eigenvalue weighted by Gasteiger charge is 2.47. The van der Waals surface area contributed by atoms with E-state index in [1.165, 1.54) is 12.0 Å². The van der Waals surface area contributed by atoms with Crippen LogP contribution in [0.1, 0.15) is 35.2 Å². The molecule has 7 heteroatoms. The van der Waals surface area contributed by atoms with Crippen LogP contribution in [0, 0.1) is 11.7 Å². The lowest BCUT2D eigenvalue weighted by Crippen LogP contribution is -2.48. The Labute approximate surface area is 131 Å². The van der Waals surface area contributed by atoms with Gasteiger partial charge in [-0.3, -0.25) is 9.59 Å². The van der Waals surface area contributed by atoms with Gasteiger partial charge in [-0.05, 0) is 31.0 Å². The van der Waals surface area contributed by atoms with E-state index < -0.39 is 47.6 Å². The van der Waals surface area contributed by atoms with E-state index >= 15 is 0 Å². The van der Waals surface area contributed by atoms with Gasteiger partial charge in [-0.2, -0.15) is 0 Å². The van der Waals surface area contributed by atoms with Crippen molar-refractivity contribution in [2.75, 3.05) is 13.7 Å². The molecule has 0 saturated carbocycles. The Morgan fingerprint density at radius 2 is 2.09 bits per heavy atom. The molecule has 0 aliphatic carbocycles. The van der Waals surface area contributed by atoms with E-state index in [2.05, 4.69) is 4.74 Å². The second kappa shape index (κ2) is 5.54. The molecule has 1 aromatic rings. The zero-order chi connectivity index (χ0) is 16.8. The minimum Gasteiger partial charge on any atom is -0.469 e. The first-order valence-electron chi connectivity index (χ1n) is 7.40. The van der Waals surface area contributed by atoms with Gasteiger partial charge in [0.15, 0.2) is 0 Å². The number of nitrogens with zero attached hydrogens (tertiary/aromatic N) is 1. The largest absolute Gasteiger partial charge is 0.469 e. The second-order valence-electron chi connectivity index (χ2n) is 6.01. The fraction of sp³-hybridized carbons (Fsp3) is 0.500. The van der Waals surface area contributed by atoms with Crippen LogP contribution in [-0.2, 0) is 15.5 Å². The molecule has 124 valence electrons. The molecule has 0 spiro atoms. The zero-order valence-electron chi connectivity index (χ0n) is 12.5. The normalized spacial score (nSPS) is 26.1.